The number of halogens is 3. The highest BCUT2D eigenvalue weighted by atomic mass is 35.5. The van der Waals surface area contributed by atoms with Crippen molar-refractivity contribution in [2.24, 2.45) is 5.73 Å². The first-order valence-corrected chi connectivity index (χ1v) is 12.3. The van der Waals surface area contributed by atoms with Gasteiger partial charge in [0.05, 0.1) is 34.7 Å². The molecule has 0 aromatic heterocycles. The van der Waals surface area contributed by atoms with Crippen molar-refractivity contribution in [3.63, 3.8) is 0 Å². The van der Waals surface area contributed by atoms with Crippen LogP contribution in [-0.2, 0) is 4.74 Å². The van der Waals surface area contributed by atoms with E-state index in [2.05, 4.69) is 18.4 Å². The average molecular weight is 528 g/mol. The number of carbonyl (C=O) groups is 1. The number of rotatable bonds is 6. The number of morpholine rings is 1. The highest BCUT2D eigenvalue weighted by molar-refractivity contribution is 6.33. The molecule has 36 heavy (non-hydrogen) atoms. The van der Waals surface area contributed by atoms with E-state index in [9.17, 15) is 9.18 Å². The van der Waals surface area contributed by atoms with Crippen molar-refractivity contribution in [1.82, 2.24) is 0 Å². The molecule has 1 heterocycles. The summed E-state index contributed by atoms with van der Waals surface area (Å²) in [6, 6.07) is 15.5. The number of amides is 1. The third kappa shape index (κ3) is 5.07. The van der Waals surface area contributed by atoms with Gasteiger partial charge < -0.3 is 20.3 Å². The van der Waals surface area contributed by atoms with Crippen LogP contribution in [0.3, 0.4) is 0 Å². The molecule has 0 radical (unpaired) electrons. The molecule has 1 saturated heterocycles. The summed E-state index contributed by atoms with van der Waals surface area (Å²) in [6.45, 7) is 9.49. The van der Waals surface area contributed by atoms with E-state index in [1.54, 1.807) is 30.3 Å². The maximum atomic E-state index is 14.7. The molecule has 188 valence electrons. The molecule has 8 heteroatoms. The summed E-state index contributed by atoms with van der Waals surface area (Å²) in [5.41, 5.74) is 9.76. The molecule has 1 fully saturated rings. The van der Waals surface area contributed by atoms with Crippen molar-refractivity contribution in [3.05, 3.63) is 88.2 Å². The Kier molecular flexibility index (Phi) is 7.59. The van der Waals surface area contributed by atoms with Gasteiger partial charge in [0.1, 0.15) is 5.82 Å². The first kappa shape index (κ1) is 26.0. The maximum Gasteiger partial charge on any atom is 0.248 e. The lowest BCUT2D eigenvalue weighted by atomic mass is 9.99. The van der Waals surface area contributed by atoms with E-state index >= 15 is 0 Å². The monoisotopic (exact) mass is 527 g/mol. The molecule has 0 saturated carbocycles. The van der Waals surface area contributed by atoms with Crippen LogP contribution in [-0.4, -0.2) is 38.3 Å². The van der Waals surface area contributed by atoms with Crippen LogP contribution < -0.4 is 15.5 Å². The Bertz CT molecular complexity index is 1310. The third-order valence-corrected chi connectivity index (χ3v) is 7.12. The second-order valence-corrected chi connectivity index (χ2v) is 9.82. The van der Waals surface area contributed by atoms with Crippen LogP contribution >= 0.6 is 23.2 Å². The lowest BCUT2D eigenvalue weighted by Gasteiger charge is -2.41. The SMILES string of the molecule is C=C(c1c(F)cccc1Cl)N(C)c1ccc(-c2cc(C(N)=O)ccc2Cl)cc1N1C[C@H](C)OC[C@@H]1C. The second-order valence-electron chi connectivity index (χ2n) is 9.01. The molecule has 3 aromatic rings. The molecule has 5 nitrogen and oxygen atoms in total. The smallest absolute Gasteiger partial charge is 0.248 e. The van der Waals surface area contributed by atoms with Crippen LogP contribution in [0.2, 0.25) is 10.0 Å². The van der Waals surface area contributed by atoms with Gasteiger partial charge in [-0.1, -0.05) is 41.9 Å². The molecule has 4 rings (SSSR count). The summed E-state index contributed by atoms with van der Waals surface area (Å²) in [5, 5.41) is 0.784. The van der Waals surface area contributed by atoms with Crippen molar-refractivity contribution in [3.8, 4) is 11.1 Å². The van der Waals surface area contributed by atoms with Gasteiger partial charge in [0.15, 0.2) is 0 Å². The highest BCUT2D eigenvalue weighted by Gasteiger charge is 2.28. The Balaban J connectivity index is 1.86. The molecule has 0 unspecified atom stereocenters. The first-order chi connectivity index (χ1) is 17.1. The summed E-state index contributed by atoms with van der Waals surface area (Å²) in [6.07, 6.45) is 0.0222. The lowest BCUT2D eigenvalue weighted by molar-refractivity contribution is 0.0344. The Morgan fingerprint density at radius 3 is 2.58 bits per heavy atom. The van der Waals surface area contributed by atoms with Gasteiger partial charge >= 0.3 is 0 Å². The van der Waals surface area contributed by atoms with E-state index in [0.29, 0.717) is 35.0 Å². The van der Waals surface area contributed by atoms with Crippen LogP contribution in [0.1, 0.15) is 29.8 Å². The molecule has 0 bridgehead atoms. The molecule has 0 spiro atoms. The quantitative estimate of drug-likeness (QED) is 0.391. The molecular weight excluding hydrogens is 500 g/mol. The number of nitrogens with zero attached hydrogens (tertiary/aromatic N) is 2. The number of primary amides is 1. The van der Waals surface area contributed by atoms with E-state index in [1.165, 1.54) is 6.07 Å². The number of benzene rings is 3. The van der Waals surface area contributed by atoms with Gasteiger partial charge in [-0.3, -0.25) is 4.79 Å². The molecule has 1 aliphatic rings. The van der Waals surface area contributed by atoms with E-state index in [-0.39, 0.29) is 22.7 Å². The largest absolute Gasteiger partial charge is 0.375 e. The standard InChI is InChI=1S/C28H28Cl2FN3O2/c1-16-15-36-17(2)14-34(16)26-13-19(21-12-20(28(32)35)8-10-22(21)29)9-11-25(26)33(4)18(3)27-23(30)6-5-7-24(27)31/h5-13,16-17H,3,14-15H2,1-2,4H3,(H2,32,35)/t16-,17-/m0/s1. The van der Waals surface area contributed by atoms with Crippen LogP contribution in [0, 0.1) is 5.82 Å². The zero-order chi connectivity index (χ0) is 26.1. The predicted molar refractivity (Wildman–Crippen MR) is 146 cm³/mol. The highest BCUT2D eigenvalue weighted by Crippen LogP contribution is 2.41. The minimum Gasteiger partial charge on any atom is -0.375 e. The number of carbonyl (C=O) groups excluding carboxylic acids is 1. The van der Waals surface area contributed by atoms with Gasteiger partial charge in [-0.15, -0.1) is 0 Å². The number of hydrogen-bond acceptors (Lipinski definition) is 4. The summed E-state index contributed by atoms with van der Waals surface area (Å²) in [5.74, 6) is -0.973. The molecule has 1 aliphatic heterocycles. The fourth-order valence-corrected chi connectivity index (χ4v) is 4.93. The number of ether oxygens (including phenoxy) is 1. The Labute approximate surface area is 220 Å². The van der Waals surface area contributed by atoms with Crippen molar-refractivity contribution in [2.75, 3.05) is 30.0 Å². The maximum absolute atomic E-state index is 14.7. The number of anilines is 2. The predicted octanol–water partition coefficient (Wildman–Crippen LogP) is 6.62. The zero-order valence-corrected chi connectivity index (χ0v) is 21.9. The Morgan fingerprint density at radius 2 is 1.89 bits per heavy atom. The molecule has 2 N–H and O–H groups in total. The fraction of sp³-hybridized carbons (Fsp3) is 0.250. The van der Waals surface area contributed by atoms with Gasteiger partial charge in [-0.25, -0.2) is 4.39 Å². The lowest BCUT2D eigenvalue weighted by Crippen LogP contribution is -2.47. The first-order valence-electron chi connectivity index (χ1n) is 11.6. The topological polar surface area (TPSA) is 58.8 Å². The normalized spacial score (nSPS) is 17.7. The molecule has 2 atom stereocenters. The third-order valence-electron chi connectivity index (χ3n) is 6.47. The van der Waals surface area contributed by atoms with Crippen LogP contribution in [0.25, 0.3) is 16.8 Å². The minimum atomic E-state index is -0.529. The van der Waals surface area contributed by atoms with Crippen LogP contribution in [0.4, 0.5) is 15.8 Å². The Morgan fingerprint density at radius 1 is 1.14 bits per heavy atom. The van der Waals surface area contributed by atoms with Gasteiger partial charge in [0, 0.05) is 41.5 Å². The van der Waals surface area contributed by atoms with Gasteiger partial charge in [0.25, 0.3) is 0 Å². The van der Waals surface area contributed by atoms with Gasteiger partial charge in [0.2, 0.25) is 5.91 Å². The summed E-state index contributed by atoms with van der Waals surface area (Å²) in [7, 11) is 1.83. The van der Waals surface area contributed by atoms with E-state index in [0.717, 1.165) is 16.9 Å². The Hall–Kier alpha value is -3.06. The van der Waals surface area contributed by atoms with Crippen molar-refractivity contribution < 1.29 is 13.9 Å². The summed E-state index contributed by atoms with van der Waals surface area (Å²) < 4.78 is 20.6. The van der Waals surface area contributed by atoms with Gasteiger partial charge in [-0.05, 0) is 61.9 Å². The zero-order valence-electron chi connectivity index (χ0n) is 20.4. The van der Waals surface area contributed by atoms with Crippen molar-refractivity contribution in [1.29, 1.82) is 0 Å². The van der Waals surface area contributed by atoms with E-state index in [1.807, 2.05) is 37.1 Å². The molecule has 3 aromatic carbocycles. The average Bonchev–Trinajstić information content (AvgIpc) is 2.84. The number of hydrogen-bond donors (Lipinski definition) is 1. The van der Waals surface area contributed by atoms with Crippen molar-refractivity contribution in [2.45, 2.75) is 26.0 Å². The molecular formula is C28H28Cl2FN3O2. The van der Waals surface area contributed by atoms with E-state index in [4.69, 9.17) is 33.7 Å². The van der Waals surface area contributed by atoms with Crippen LogP contribution in [0.5, 0.6) is 0 Å². The summed E-state index contributed by atoms with van der Waals surface area (Å²) >= 11 is 12.9. The van der Waals surface area contributed by atoms with Crippen molar-refractivity contribution >= 4 is 46.2 Å². The molecule has 1 amide bonds. The fourth-order valence-electron chi connectivity index (χ4n) is 4.43. The number of nitrogens with two attached hydrogens (primary N) is 1. The second kappa shape index (κ2) is 10.5. The minimum absolute atomic E-state index is 0.0222. The van der Waals surface area contributed by atoms with Crippen LogP contribution in [0.15, 0.2) is 61.2 Å². The molecule has 0 aliphatic carbocycles. The summed E-state index contributed by atoms with van der Waals surface area (Å²) in [4.78, 5) is 15.9. The van der Waals surface area contributed by atoms with Gasteiger partial charge in [-0.2, -0.15) is 0 Å². The van der Waals surface area contributed by atoms with E-state index < -0.39 is 11.7 Å².